The number of hydrogen-bond donors (Lipinski definition) is 0. The van der Waals surface area contributed by atoms with Crippen molar-refractivity contribution in [2.75, 3.05) is 0 Å². The molecule has 0 spiro atoms. The number of aromatic nitrogens is 1. The van der Waals surface area contributed by atoms with E-state index in [-0.39, 0.29) is 11.1 Å². The zero-order valence-corrected chi connectivity index (χ0v) is 18.8. The Morgan fingerprint density at radius 1 is 0.500 bits per heavy atom. The molecule has 7 rings (SSSR count). The first-order valence-electron chi connectivity index (χ1n) is 11.1. The van der Waals surface area contributed by atoms with Gasteiger partial charge in [-0.15, -0.1) is 11.3 Å². The molecule has 34 heavy (non-hydrogen) atoms. The van der Waals surface area contributed by atoms with Crippen LogP contribution >= 0.6 is 11.3 Å². The van der Waals surface area contributed by atoms with Crippen molar-refractivity contribution in [1.29, 1.82) is 0 Å². The lowest BCUT2D eigenvalue weighted by Crippen LogP contribution is -2.26. The number of thiophene rings is 1. The third-order valence-electron chi connectivity index (χ3n) is 6.64. The van der Waals surface area contributed by atoms with E-state index < -0.39 is 0 Å². The van der Waals surface area contributed by atoms with Crippen LogP contribution < -0.4 is 11.1 Å². The van der Waals surface area contributed by atoms with E-state index in [1.165, 1.54) is 4.40 Å². The lowest BCUT2D eigenvalue weighted by atomic mass is 9.99. The highest BCUT2D eigenvalue weighted by molar-refractivity contribution is 7.19. The quantitative estimate of drug-likeness (QED) is 0.265. The number of hydrogen-bond acceptors (Lipinski definition) is 3. The molecule has 4 heteroatoms. The topological polar surface area (TPSA) is 38.5 Å². The van der Waals surface area contributed by atoms with Gasteiger partial charge in [0.1, 0.15) is 0 Å². The van der Waals surface area contributed by atoms with Gasteiger partial charge in [-0.2, -0.15) is 0 Å². The minimum absolute atomic E-state index is 0.260. The third kappa shape index (κ3) is 2.63. The summed E-state index contributed by atoms with van der Waals surface area (Å²) in [5.74, 6) is 0. The van der Waals surface area contributed by atoms with Crippen molar-refractivity contribution < 1.29 is 0 Å². The summed E-state index contributed by atoms with van der Waals surface area (Å²) in [7, 11) is 0. The number of benzene rings is 4. The van der Waals surface area contributed by atoms with Crippen molar-refractivity contribution in [3.05, 3.63) is 123 Å². The first kappa shape index (κ1) is 19.2. The van der Waals surface area contributed by atoms with E-state index in [4.69, 9.17) is 0 Å². The summed E-state index contributed by atoms with van der Waals surface area (Å²) >= 11 is 1.59. The number of nitrogens with zero attached hydrogens (tertiary/aromatic N) is 1. The van der Waals surface area contributed by atoms with Crippen LogP contribution in [-0.2, 0) is 0 Å². The molecule has 0 unspecified atom stereocenters. The second kappa shape index (κ2) is 7.11. The predicted octanol–water partition coefficient (Wildman–Crippen LogP) is 6.95. The maximum Gasteiger partial charge on any atom is 0.266 e. The van der Waals surface area contributed by atoms with Crippen LogP contribution in [0.5, 0.6) is 0 Å². The molecular weight excluding hydrogens is 438 g/mol. The summed E-state index contributed by atoms with van der Waals surface area (Å²) < 4.78 is 2.34. The van der Waals surface area contributed by atoms with Gasteiger partial charge in [-0.25, -0.2) is 4.40 Å². The lowest BCUT2D eigenvalue weighted by Gasteiger charge is -2.10. The SMILES string of the molecule is O=c1c2ccc(-c3ccccc3)cc2c2csc3c4cc(-c5ccccc5)ccc4c(=O)n1c23. The highest BCUT2D eigenvalue weighted by atomic mass is 32.1. The van der Waals surface area contributed by atoms with Gasteiger partial charge in [0.25, 0.3) is 11.1 Å². The van der Waals surface area contributed by atoms with Crippen molar-refractivity contribution in [2.24, 2.45) is 0 Å². The Labute approximate surface area is 198 Å². The standard InChI is InChI=1S/C30H17NO2S/c32-29-22-13-11-20(18-7-3-1-4-8-18)15-24(22)26-17-34-28-25-16-21(19-9-5-2-6-10-19)12-14-23(25)30(33)31(29)27(26)28/h1-17H. The summed E-state index contributed by atoms with van der Waals surface area (Å²) in [4.78, 5) is 27.1. The van der Waals surface area contributed by atoms with E-state index in [0.717, 1.165) is 48.6 Å². The fraction of sp³-hybridized carbons (Fsp3) is 0. The van der Waals surface area contributed by atoms with Gasteiger partial charge in [-0.05, 0) is 51.9 Å². The van der Waals surface area contributed by atoms with Crippen LogP contribution in [0, 0.1) is 0 Å². The monoisotopic (exact) mass is 455 g/mol. The largest absolute Gasteiger partial charge is 0.268 e. The molecule has 0 aliphatic carbocycles. The molecule has 0 aliphatic heterocycles. The van der Waals surface area contributed by atoms with Crippen LogP contribution in [0.25, 0.3) is 59.4 Å². The summed E-state index contributed by atoms with van der Waals surface area (Å²) in [6.07, 6.45) is 0. The smallest absolute Gasteiger partial charge is 0.266 e. The molecule has 0 saturated carbocycles. The fourth-order valence-electron chi connectivity index (χ4n) is 4.98. The van der Waals surface area contributed by atoms with Crippen LogP contribution in [0.4, 0.5) is 0 Å². The Morgan fingerprint density at radius 3 is 1.62 bits per heavy atom. The summed E-state index contributed by atoms with van der Waals surface area (Å²) in [5.41, 5.74) is 4.49. The number of rotatable bonds is 2. The second-order valence-corrected chi connectivity index (χ2v) is 9.41. The van der Waals surface area contributed by atoms with Crippen molar-refractivity contribution in [3.8, 4) is 22.3 Å². The lowest BCUT2D eigenvalue weighted by molar-refractivity contribution is 1.09. The van der Waals surface area contributed by atoms with Gasteiger partial charge in [-0.1, -0.05) is 72.8 Å². The van der Waals surface area contributed by atoms with Crippen molar-refractivity contribution >= 4 is 48.5 Å². The normalized spacial score (nSPS) is 11.8. The van der Waals surface area contributed by atoms with Crippen LogP contribution in [0.15, 0.2) is 112 Å². The first-order valence-corrected chi connectivity index (χ1v) is 12.0. The Kier molecular flexibility index (Phi) is 4.02. The minimum Gasteiger partial charge on any atom is -0.268 e. The van der Waals surface area contributed by atoms with E-state index in [2.05, 4.69) is 41.8 Å². The molecule has 3 heterocycles. The Hall–Kier alpha value is -4.28. The average molecular weight is 456 g/mol. The summed E-state index contributed by atoms with van der Waals surface area (Å²) in [5, 5.41) is 5.93. The molecule has 0 N–H and O–H groups in total. The Balaban J connectivity index is 1.61. The molecule has 0 amide bonds. The molecule has 0 fully saturated rings. The molecule has 0 atom stereocenters. The number of fused-ring (bicyclic) bond motifs is 4. The third-order valence-corrected chi connectivity index (χ3v) is 7.65. The average Bonchev–Trinajstić information content (AvgIpc) is 3.34. The number of pyridine rings is 2. The minimum atomic E-state index is -0.260. The molecule has 0 saturated heterocycles. The van der Waals surface area contributed by atoms with Crippen molar-refractivity contribution in [1.82, 2.24) is 4.40 Å². The molecule has 4 aromatic carbocycles. The van der Waals surface area contributed by atoms with E-state index in [9.17, 15) is 9.59 Å². The van der Waals surface area contributed by atoms with Gasteiger partial charge in [0.15, 0.2) is 0 Å². The molecule has 160 valence electrons. The summed E-state index contributed by atoms with van der Waals surface area (Å²) in [6, 6.07) is 32.0. The van der Waals surface area contributed by atoms with E-state index in [0.29, 0.717) is 10.8 Å². The molecular formula is C30H17NO2S. The Bertz CT molecular complexity index is 1850. The van der Waals surface area contributed by atoms with Crippen LogP contribution in [0.2, 0.25) is 0 Å². The fourth-order valence-corrected chi connectivity index (χ4v) is 6.07. The molecule has 0 aliphatic rings. The zero-order chi connectivity index (χ0) is 22.8. The zero-order valence-electron chi connectivity index (χ0n) is 18.0. The maximum atomic E-state index is 13.6. The van der Waals surface area contributed by atoms with E-state index in [1.54, 1.807) is 11.3 Å². The molecule has 7 aromatic rings. The van der Waals surface area contributed by atoms with Crippen molar-refractivity contribution in [3.63, 3.8) is 0 Å². The second-order valence-electron chi connectivity index (χ2n) is 8.53. The molecule has 3 aromatic heterocycles. The van der Waals surface area contributed by atoms with Crippen LogP contribution in [-0.4, -0.2) is 4.40 Å². The Morgan fingerprint density at radius 2 is 1.03 bits per heavy atom. The molecule has 0 bridgehead atoms. The van der Waals surface area contributed by atoms with Gasteiger partial charge in [0, 0.05) is 26.9 Å². The van der Waals surface area contributed by atoms with Gasteiger partial charge in [0.2, 0.25) is 0 Å². The van der Waals surface area contributed by atoms with Gasteiger partial charge >= 0.3 is 0 Å². The van der Waals surface area contributed by atoms with Gasteiger partial charge < -0.3 is 0 Å². The first-order chi connectivity index (χ1) is 16.7. The van der Waals surface area contributed by atoms with Gasteiger partial charge in [0.05, 0.1) is 10.2 Å². The molecule has 0 radical (unpaired) electrons. The highest BCUT2D eigenvalue weighted by Gasteiger charge is 2.19. The highest BCUT2D eigenvalue weighted by Crippen LogP contribution is 2.37. The van der Waals surface area contributed by atoms with E-state index >= 15 is 0 Å². The van der Waals surface area contributed by atoms with E-state index in [1.807, 2.05) is 60.7 Å². The maximum absolute atomic E-state index is 13.6. The summed E-state index contributed by atoms with van der Waals surface area (Å²) in [6.45, 7) is 0. The van der Waals surface area contributed by atoms with Crippen LogP contribution in [0.1, 0.15) is 0 Å². The van der Waals surface area contributed by atoms with Crippen LogP contribution in [0.3, 0.4) is 0 Å². The van der Waals surface area contributed by atoms with Gasteiger partial charge in [-0.3, -0.25) is 9.59 Å². The predicted molar refractivity (Wildman–Crippen MR) is 142 cm³/mol. The molecule has 3 nitrogen and oxygen atoms in total. The van der Waals surface area contributed by atoms with Crippen molar-refractivity contribution in [2.45, 2.75) is 0 Å².